The van der Waals surface area contributed by atoms with E-state index in [1.165, 1.54) is 5.39 Å². The molecule has 2 nitrogen and oxygen atoms in total. The van der Waals surface area contributed by atoms with E-state index in [9.17, 15) is 5.11 Å². The fraction of sp³-hybridized carbons (Fsp3) is 0. The third-order valence-electron chi connectivity index (χ3n) is 4.38. The summed E-state index contributed by atoms with van der Waals surface area (Å²) in [5, 5.41) is 15.8. The number of aromatic hydroxyl groups is 1. The maximum atomic E-state index is 10.5. The highest BCUT2D eigenvalue weighted by Gasteiger charge is 2.13. The average Bonchev–Trinajstić information content (AvgIpc) is 3.05. The van der Waals surface area contributed by atoms with Gasteiger partial charge in [0.05, 0.1) is 15.8 Å². The Hall–Kier alpha value is -2.91. The summed E-state index contributed by atoms with van der Waals surface area (Å²) < 4.78 is 1.14. The molecule has 1 aromatic heterocycles. The zero-order chi connectivity index (χ0) is 16.1. The summed E-state index contributed by atoms with van der Waals surface area (Å²) in [6, 6.07) is 24.4. The van der Waals surface area contributed by atoms with E-state index in [1.54, 1.807) is 11.3 Å². The number of phenolic OH excluding ortho intramolecular Hbond substituents is 1. The molecule has 0 spiro atoms. The van der Waals surface area contributed by atoms with Crippen molar-refractivity contribution in [2.45, 2.75) is 0 Å². The molecular formula is C21H13NOS. The van der Waals surface area contributed by atoms with Crippen LogP contribution >= 0.6 is 11.3 Å². The number of hydrogen-bond acceptors (Lipinski definition) is 3. The minimum atomic E-state index is 0.275. The molecule has 0 aliphatic heterocycles. The molecule has 0 saturated heterocycles. The van der Waals surface area contributed by atoms with Crippen LogP contribution in [-0.4, -0.2) is 10.1 Å². The van der Waals surface area contributed by atoms with Crippen molar-refractivity contribution in [3.05, 3.63) is 72.8 Å². The van der Waals surface area contributed by atoms with Gasteiger partial charge < -0.3 is 5.11 Å². The van der Waals surface area contributed by atoms with E-state index in [2.05, 4.69) is 30.3 Å². The summed E-state index contributed by atoms with van der Waals surface area (Å²) in [5.74, 6) is 0.275. The van der Waals surface area contributed by atoms with Crippen LogP contribution in [-0.2, 0) is 0 Å². The maximum Gasteiger partial charge on any atom is 0.128 e. The van der Waals surface area contributed by atoms with E-state index in [0.29, 0.717) is 0 Å². The van der Waals surface area contributed by atoms with Gasteiger partial charge in [-0.2, -0.15) is 0 Å². The number of rotatable bonds is 1. The summed E-state index contributed by atoms with van der Waals surface area (Å²) in [7, 11) is 0. The number of fused-ring (bicyclic) bond motifs is 4. The first-order chi connectivity index (χ1) is 11.8. The monoisotopic (exact) mass is 327 g/mol. The topological polar surface area (TPSA) is 33.1 Å². The molecule has 0 aliphatic carbocycles. The van der Waals surface area contributed by atoms with Crippen LogP contribution in [0.5, 0.6) is 5.75 Å². The molecule has 0 unspecified atom stereocenters. The van der Waals surface area contributed by atoms with Crippen molar-refractivity contribution >= 4 is 43.1 Å². The summed E-state index contributed by atoms with van der Waals surface area (Å²) in [5.41, 5.74) is 1.79. The predicted octanol–water partition coefficient (Wildman–Crippen LogP) is 5.98. The molecular weight excluding hydrogens is 314 g/mol. The number of hydrogen-bond donors (Lipinski definition) is 1. The fourth-order valence-corrected chi connectivity index (χ4v) is 4.18. The lowest BCUT2D eigenvalue weighted by molar-refractivity contribution is 0.478. The average molecular weight is 327 g/mol. The second kappa shape index (κ2) is 5.05. The van der Waals surface area contributed by atoms with Gasteiger partial charge in [-0.25, -0.2) is 4.98 Å². The van der Waals surface area contributed by atoms with Gasteiger partial charge in [0, 0.05) is 5.39 Å². The highest BCUT2D eigenvalue weighted by Crippen LogP contribution is 2.39. The Kier molecular flexibility index (Phi) is 2.84. The summed E-state index contributed by atoms with van der Waals surface area (Å²) in [6.45, 7) is 0. The standard InChI is InChI=1S/C21H13NOS/c23-18-12-15-7-2-1-6-14(15)11-17(18)21-22-20-16-8-4-3-5-13(16)9-10-19(20)24-21/h1-12,23H. The third kappa shape index (κ3) is 1.99. The van der Waals surface area contributed by atoms with Crippen LogP contribution in [0, 0.1) is 0 Å². The van der Waals surface area contributed by atoms with Gasteiger partial charge in [0.15, 0.2) is 0 Å². The van der Waals surface area contributed by atoms with E-state index in [1.807, 2.05) is 42.5 Å². The molecule has 1 N–H and O–H groups in total. The van der Waals surface area contributed by atoms with Gasteiger partial charge in [-0.05, 0) is 34.4 Å². The second-order valence-corrected chi connectivity index (χ2v) is 6.90. The molecule has 24 heavy (non-hydrogen) atoms. The molecule has 4 aromatic carbocycles. The van der Waals surface area contributed by atoms with Crippen molar-refractivity contribution < 1.29 is 5.11 Å². The van der Waals surface area contributed by atoms with Gasteiger partial charge in [-0.3, -0.25) is 0 Å². The maximum absolute atomic E-state index is 10.5. The molecule has 0 radical (unpaired) electrons. The summed E-state index contributed by atoms with van der Waals surface area (Å²) in [6.07, 6.45) is 0. The Morgan fingerprint density at radius 3 is 2.29 bits per heavy atom. The predicted molar refractivity (Wildman–Crippen MR) is 102 cm³/mol. The quantitative estimate of drug-likeness (QED) is 0.411. The zero-order valence-electron chi connectivity index (χ0n) is 12.7. The Balaban J connectivity index is 1.80. The Morgan fingerprint density at radius 1 is 0.750 bits per heavy atom. The van der Waals surface area contributed by atoms with E-state index >= 15 is 0 Å². The molecule has 0 amide bonds. The second-order valence-electron chi connectivity index (χ2n) is 5.87. The molecule has 0 fully saturated rings. The third-order valence-corrected chi connectivity index (χ3v) is 5.43. The first kappa shape index (κ1) is 13.5. The van der Waals surface area contributed by atoms with Crippen LogP contribution in [0.1, 0.15) is 0 Å². The van der Waals surface area contributed by atoms with Gasteiger partial charge in [0.1, 0.15) is 10.8 Å². The van der Waals surface area contributed by atoms with Crippen LogP contribution in [0.3, 0.4) is 0 Å². The van der Waals surface area contributed by atoms with Gasteiger partial charge in [0.25, 0.3) is 0 Å². The highest BCUT2D eigenvalue weighted by molar-refractivity contribution is 7.21. The Bertz CT molecular complexity index is 1220. The van der Waals surface area contributed by atoms with Gasteiger partial charge >= 0.3 is 0 Å². The van der Waals surface area contributed by atoms with Gasteiger partial charge in [0.2, 0.25) is 0 Å². The molecule has 5 aromatic rings. The van der Waals surface area contributed by atoms with E-state index in [4.69, 9.17) is 4.98 Å². The largest absolute Gasteiger partial charge is 0.507 e. The van der Waals surface area contributed by atoms with Crippen molar-refractivity contribution in [2.75, 3.05) is 0 Å². The minimum Gasteiger partial charge on any atom is -0.507 e. The van der Waals surface area contributed by atoms with Crippen LogP contribution in [0.4, 0.5) is 0 Å². The summed E-state index contributed by atoms with van der Waals surface area (Å²) >= 11 is 1.62. The van der Waals surface area contributed by atoms with E-state index in [0.717, 1.165) is 36.9 Å². The molecule has 1 heterocycles. The SMILES string of the molecule is Oc1cc2ccccc2cc1-c1nc2c(ccc3ccccc32)s1. The molecule has 0 aliphatic rings. The lowest BCUT2D eigenvalue weighted by Gasteiger charge is -2.04. The lowest BCUT2D eigenvalue weighted by Crippen LogP contribution is -1.80. The molecule has 3 heteroatoms. The van der Waals surface area contributed by atoms with Crippen molar-refractivity contribution in [2.24, 2.45) is 0 Å². The number of aromatic nitrogens is 1. The number of thiazole rings is 1. The van der Waals surface area contributed by atoms with Crippen molar-refractivity contribution in [1.29, 1.82) is 0 Å². The van der Waals surface area contributed by atoms with E-state index in [-0.39, 0.29) is 5.75 Å². The fourth-order valence-electron chi connectivity index (χ4n) is 3.18. The molecule has 114 valence electrons. The molecule has 0 atom stereocenters. The van der Waals surface area contributed by atoms with Crippen LogP contribution in [0.15, 0.2) is 72.8 Å². The number of benzene rings is 4. The van der Waals surface area contributed by atoms with Gasteiger partial charge in [-0.1, -0.05) is 54.6 Å². The zero-order valence-corrected chi connectivity index (χ0v) is 13.5. The number of phenols is 1. The lowest BCUT2D eigenvalue weighted by atomic mass is 10.1. The Labute approximate surface area is 142 Å². The van der Waals surface area contributed by atoms with Crippen molar-refractivity contribution in [1.82, 2.24) is 4.98 Å². The Morgan fingerprint density at radius 2 is 1.46 bits per heavy atom. The minimum absolute atomic E-state index is 0.275. The summed E-state index contributed by atoms with van der Waals surface area (Å²) in [4.78, 5) is 4.84. The van der Waals surface area contributed by atoms with Crippen LogP contribution in [0.2, 0.25) is 0 Å². The highest BCUT2D eigenvalue weighted by atomic mass is 32.1. The van der Waals surface area contributed by atoms with Crippen molar-refractivity contribution in [3.63, 3.8) is 0 Å². The van der Waals surface area contributed by atoms with E-state index < -0.39 is 0 Å². The molecule has 0 bridgehead atoms. The normalized spacial score (nSPS) is 11.5. The van der Waals surface area contributed by atoms with Crippen LogP contribution < -0.4 is 0 Å². The van der Waals surface area contributed by atoms with Gasteiger partial charge in [-0.15, -0.1) is 11.3 Å². The number of nitrogens with zero attached hydrogens (tertiary/aromatic N) is 1. The van der Waals surface area contributed by atoms with Crippen LogP contribution in [0.25, 0.3) is 42.3 Å². The van der Waals surface area contributed by atoms with Crippen molar-refractivity contribution in [3.8, 4) is 16.3 Å². The molecule has 5 rings (SSSR count). The first-order valence-electron chi connectivity index (χ1n) is 7.80. The smallest absolute Gasteiger partial charge is 0.128 e. The first-order valence-corrected chi connectivity index (χ1v) is 8.62. The molecule has 0 saturated carbocycles.